The monoisotopic (exact) mass is 295 g/mol. The lowest BCUT2D eigenvalue weighted by molar-refractivity contribution is 0.307. The van der Waals surface area contributed by atoms with E-state index < -0.39 is 10.0 Å². The Morgan fingerprint density at radius 3 is 2.61 bits per heavy atom. The van der Waals surface area contributed by atoms with Crippen molar-refractivity contribution in [3.63, 3.8) is 0 Å². The molecule has 1 rings (SSSR count). The summed E-state index contributed by atoms with van der Waals surface area (Å²) in [5, 5.41) is 2.68. The molecule has 1 unspecified atom stereocenters. The molecule has 0 aromatic heterocycles. The van der Waals surface area contributed by atoms with E-state index in [1.807, 2.05) is 18.7 Å². The van der Waals surface area contributed by atoms with E-state index in [1.165, 1.54) is 0 Å². The van der Waals surface area contributed by atoms with Crippen molar-refractivity contribution >= 4 is 21.8 Å². The summed E-state index contributed by atoms with van der Waals surface area (Å²) in [4.78, 5) is 2.31. The van der Waals surface area contributed by atoms with Crippen molar-refractivity contribution in [3.05, 3.63) is 0 Å². The molecule has 108 valence electrons. The molecule has 0 aromatic rings. The van der Waals surface area contributed by atoms with Gasteiger partial charge in [-0.2, -0.15) is 11.8 Å². The summed E-state index contributed by atoms with van der Waals surface area (Å²) in [6.45, 7) is 8.48. The van der Waals surface area contributed by atoms with Gasteiger partial charge in [0.25, 0.3) is 0 Å². The van der Waals surface area contributed by atoms with Gasteiger partial charge in [0.1, 0.15) is 0 Å². The molecule has 0 aromatic carbocycles. The summed E-state index contributed by atoms with van der Waals surface area (Å²) in [6.07, 6.45) is 0. The molecule has 18 heavy (non-hydrogen) atoms. The van der Waals surface area contributed by atoms with Gasteiger partial charge in [-0.1, -0.05) is 6.92 Å². The summed E-state index contributed by atoms with van der Waals surface area (Å²) in [7, 11) is -3.18. The number of hydrogen-bond donors (Lipinski definition) is 2. The third kappa shape index (κ3) is 5.88. The minimum absolute atomic E-state index is 0.380. The van der Waals surface area contributed by atoms with Gasteiger partial charge < -0.3 is 10.2 Å². The average Bonchev–Trinajstić information content (AvgIpc) is 2.37. The van der Waals surface area contributed by atoms with Gasteiger partial charge in [0, 0.05) is 44.2 Å². The highest BCUT2D eigenvalue weighted by molar-refractivity contribution is 7.99. The topological polar surface area (TPSA) is 61.4 Å². The van der Waals surface area contributed by atoms with Crippen LogP contribution in [0.4, 0.5) is 0 Å². The molecule has 1 aliphatic rings. The summed E-state index contributed by atoms with van der Waals surface area (Å²) in [5.41, 5.74) is 0. The normalized spacial score (nSPS) is 19.9. The lowest BCUT2D eigenvalue weighted by Gasteiger charge is -2.26. The van der Waals surface area contributed by atoms with Crippen LogP contribution in [-0.4, -0.2) is 69.3 Å². The summed E-state index contributed by atoms with van der Waals surface area (Å²) >= 11 is 1.96. The highest BCUT2D eigenvalue weighted by Gasteiger charge is 2.20. The first-order valence-corrected chi connectivity index (χ1v) is 9.25. The second kappa shape index (κ2) is 8.37. The van der Waals surface area contributed by atoms with Crippen LogP contribution in [-0.2, 0) is 10.0 Å². The second-order valence-electron chi connectivity index (χ2n) is 4.51. The van der Waals surface area contributed by atoms with Crippen molar-refractivity contribution in [1.82, 2.24) is 14.9 Å². The molecular weight excluding hydrogens is 270 g/mol. The van der Waals surface area contributed by atoms with Crippen LogP contribution in [0.5, 0.6) is 0 Å². The van der Waals surface area contributed by atoms with E-state index in [1.54, 1.807) is 6.92 Å². The average molecular weight is 295 g/mol. The molecule has 1 saturated heterocycles. The van der Waals surface area contributed by atoms with Crippen LogP contribution in [0.15, 0.2) is 0 Å². The standard InChI is InChI=1S/C11H25N3O2S2/c1-3-12-10-11(2)18(15,16)13-4-5-14-6-8-17-9-7-14/h11-13H,3-10H2,1-2H3. The number of thioether (sulfide) groups is 1. The van der Waals surface area contributed by atoms with Crippen LogP contribution in [0.25, 0.3) is 0 Å². The molecule has 0 radical (unpaired) electrons. The lowest BCUT2D eigenvalue weighted by atomic mass is 10.4. The predicted molar refractivity (Wildman–Crippen MR) is 78.7 cm³/mol. The van der Waals surface area contributed by atoms with Crippen molar-refractivity contribution < 1.29 is 8.42 Å². The smallest absolute Gasteiger partial charge is 0.215 e. The minimum Gasteiger partial charge on any atom is -0.316 e. The van der Waals surface area contributed by atoms with Crippen LogP contribution in [0.3, 0.4) is 0 Å². The second-order valence-corrected chi connectivity index (χ2v) is 7.92. The Balaban J connectivity index is 2.23. The highest BCUT2D eigenvalue weighted by Crippen LogP contribution is 2.08. The number of nitrogens with zero attached hydrogens (tertiary/aromatic N) is 1. The molecule has 0 saturated carbocycles. The fourth-order valence-corrected chi connectivity index (χ4v) is 3.75. The van der Waals surface area contributed by atoms with E-state index in [-0.39, 0.29) is 5.25 Å². The fraction of sp³-hybridized carbons (Fsp3) is 1.00. The van der Waals surface area contributed by atoms with Crippen molar-refractivity contribution in [2.75, 3.05) is 50.8 Å². The summed E-state index contributed by atoms with van der Waals surface area (Å²) < 4.78 is 26.5. The van der Waals surface area contributed by atoms with E-state index in [2.05, 4.69) is 14.9 Å². The van der Waals surface area contributed by atoms with Crippen molar-refractivity contribution in [3.8, 4) is 0 Å². The molecule has 0 aliphatic carbocycles. The van der Waals surface area contributed by atoms with Gasteiger partial charge >= 0.3 is 0 Å². The Morgan fingerprint density at radius 2 is 2.00 bits per heavy atom. The quantitative estimate of drug-likeness (QED) is 0.658. The van der Waals surface area contributed by atoms with Crippen LogP contribution in [0, 0.1) is 0 Å². The number of rotatable bonds is 8. The first-order chi connectivity index (χ1) is 8.56. The molecule has 1 fully saturated rings. The van der Waals surface area contributed by atoms with Gasteiger partial charge in [-0.3, -0.25) is 0 Å². The molecule has 1 atom stereocenters. The molecule has 0 spiro atoms. The lowest BCUT2D eigenvalue weighted by Crippen LogP contribution is -2.43. The Hall–Kier alpha value is 0.180. The molecule has 1 aliphatic heterocycles. The Labute approximate surface area is 115 Å². The molecule has 1 heterocycles. The first-order valence-electron chi connectivity index (χ1n) is 6.55. The molecule has 5 nitrogen and oxygen atoms in total. The van der Waals surface area contributed by atoms with Gasteiger partial charge in [0.15, 0.2) is 0 Å². The molecule has 0 amide bonds. The third-order valence-electron chi connectivity index (χ3n) is 3.05. The van der Waals surface area contributed by atoms with Crippen molar-refractivity contribution in [1.29, 1.82) is 0 Å². The maximum Gasteiger partial charge on any atom is 0.215 e. The van der Waals surface area contributed by atoms with E-state index in [0.29, 0.717) is 13.1 Å². The van der Waals surface area contributed by atoms with Gasteiger partial charge in [-0.05, 0) is 13.5 Å². The summed E-state index contributed by atoms with van der Waals surface area (Å²) in [6, 6.07) is 0. The zero-order valence-electron chi connectivity index (χ0n) is 11.3. The molecule has 0 bridgehead atoms. The minimum atomic E-state index is -3.18. The van der Waals surface area contributed by atoms with Crippen LogP contribution in [0.2, 0.25) is 0 Å². The van der Waals surface area contributed by atoms with Gasteiger partial charge in [0.2, 0.25) is 10.0 Å². The van der Waals surface area contributed by atoms with E-state index in [9.17, 15) is 8.42 Å². The largest absolute Gasteiger partial charge is 0.316 e. The SMILES string of the molecule is CCNCC(C)S(=O)(=O)NCCN1CCSCC1. The first kappa shape index (κ1) is 16.2. The number of nitrogens with one attached hydrogen (secondary N) is 2. The number of hydrogen-bond acceptors (Lipinski definition) is 5. The Kier molecular flexibility index (Phi) is 7.55. The van der Waals surface area contributed by atoms with E-state index in [0.717, 1.165) is 37.7 Å². The molecule has 7 heteroatoms. The van der Waals surface area contributed by atoms with Gasteiger partial charge in [0.05, 0.1) is 5.25 Å². The van der Waals surface area contributed by atoms with Crippen LogP contribution in [0.1, 0.15) is 13.8 Å². The van der Waals surface area contributed by atoms with Crippen LogP contribution < -0.4 is 10.0 Å². The van der Waals surface area contributed by atoms with Crippen molar-refractivity contribution in [2.24, 2.45) is 0 Å². The molecular formula is C11H25N3O2S2. The van der Waals surface area contributed by atoms with E-state index >= 15 is 0 Å². The van der Waals surface area contributed by atoms with Crippen molar-refractivity contribution in [2.45, 2.75) is 19.1 Å². The van der Waals surface area contributed by atoms with Crippen LogP contribution >= 0.6 is 11.8 Å². The van der Waals surface area contributed by atoms with Gasteiger partial charge in [-0.15, -0.1) is 0 Å². The maximum atomic E-state index is 11.9. The maximum absolute atomic E-state index is 11.9. The summed E-state index contributed by atoms with van der Waals surface area (Å²) in [5.74, 6) is 2.31. The third-order valence-corrected chi connectivity index (χ3v) is 5.82. The fourth-order valence-electron chi connectivity index (χ4n) is 1.77. The van der Waals surface area contributed by atoms with Gasteiger partial charge in [-0.25, -0.2) is 13.1 Å². The predicted octanol–water partition coefficient (Wildman–Crippen LogP) is -0.0474. The zero-order valence-corrected chi connectivity index (χ0v) is 12.9. The Morgan fingerprint density at radius 1 is 1.33 bits per heavy atom. The number of sulfonamides is 1. The highest BCUT2D eigenvalue weighted by atomic mass is 32.2. The van der Waals surface area contributed by atoms with E-state index in [4.69, 9.17) is 0 Å². The zero-order chi connectivity index (χ0) is 13.4. The molecule has 2 N–H and O–H groups in total. The Bertz CT molecular complexity index is 316.